The normalized spacial score (nSPS) is 19.3. The summed E-state index contributed by atoms with van der Waals surface area (Å²) in [6.45, 7) is 8.26. The molecule has 3 rings (SSSR count). The number of aliphatic imine (C=N–C) groups is 1. The fourth-order valence-corrected chi connectivity index (χ4v) is 3.98. The summed E-state index contributed by atoms with van der Waals surface area (Å²) in [7, 11) is 1.78. The van der Waals surface area contributed by atoms with Gasteiger partial charge in [0.2, 0.25) is 11.8 Å². The first-order valence-electron chi connectivity index (χ1n) is 10.3. The van der Waals surface area contributed by atoms with Gasteiger partial charge >= 0.3 is 0 Å². The zero-order chi connectivity index (χ0) is 20.6. The predicted octanol–water partition coefficient (Wildman–Crippen LogP) is 1.32. The van der Waals surface area contributed by atoms with Crippen LogP contribution in [0.4, 0.5) is 0 Å². The molecule has 0 radical (unpaired) electrons. The molecule has 1 amide bonds. The van der Waals surface area contributed by atoms with Gasteiger partial charge in [0, 0.05) is 52.5 Å². The maximum atomic E-state index is 12.6. The van der Waals surface area contributed by atoms with Crippen molar-refractivity contribution < 1.29 is 9.53 Å². The van der Waals surface area contributed by atoms with Crippen LogP contribution in [0.1, 0.15) is 19.8 Å². The fraction of sp³-hybridized carbons (Fsp3) is 0.650. The first-order chi connectivity index (χ1) is 14.1. The monoisotopic (exact) mass is 422 g/mol. The summed E-state index contributed by atoms with van der Waals surface area (Å²) in [5.74, 6) is 1.55. The molecule has 160 valence electrons. The molecular formula is C20H31ClN6O2. The molecule has 3 heterocycles. The molecule has 9 heteroatoms. The maximum absolute atomic E-state index is 12.6. The number of hydrogen-bond acceptors (Lipinski definition) is 5. The number of likely N-dealkylation sites (tertiary alicyclic amines) is 1. The zero-order valence-electron chi connectivity index (χ0n) is 17.3. The number of rotatable bonds is 6. The molecule has 1 N–H and O–H groups in total. The molecular weight excluding hydrogens is 392 g/mol. The van der Waals surface area contributed by atoms with E-state index in [-0.39, 0.29) is 11.9 Å². The third kappa shape index (κ3) is 5.73. The molecule has 2 saturated heterocycles. The fourth-order valence-electron chi connectivity index (χ4n) is 3.80. The molecule has 1 atom stereocenters. The SMILES string of the molecule is CN=C(NCCOc1ncccc1Cl)N1CCN(C(C)C(=O)N2CCCC2)CC1. The standard InChI is InChI=1S/C20H31ClN6O2/c1-16(19(28)26-9-3-4-10-26)25-11-13-27(14-12-25)20(22-2)24-8-15-29-18-17(21)6-5-7-23-18/h5-7,16H,3-4,8-15H2,1-2H3,(H,22,24). The van der Waals surface area contributed by atoms with Gasteiger partial charge in [-0.3, -0.25) is 14.7 Å². The van der Waals surface area contributed by atoms with Crippen molar-refractivity contribution in [2.45, 2.75) is 25.8 Å². The molecule has 0 saturated carbocycles. The topological polar surface area (TPSA) is 73.3 Å². The van der Waals surface area contributed by atoms with E-state index in [0.717, 1.165) is 58.1 Å². The van der Waals surface area contributed by atoms with Crippen molar-refractivity contribution in [1.82, 2.24) is 25.0 Å². The van der Waals surface area contributed by atoms with Crippen molar-refractivity contribution in [3.8, 4) is 5.88 Å². The van der Waals surface area contributed by atoms with Crippen molar-refractivity contribution in [3.05, 3.63) is 23.4 Å². The Bertz CT molecular complexity index is 702. The first kappa shape index (κ1) is 21.6. The molecule has 2 aliphatic heterocycles. The van der Waals surface area contributed by atoms with E-state index in [9.17, 15) is 4.79 Å². The number of nitrogens with one attached hydrogen (secondary N) is 1. The van der Waals surface area contributed by atoms with Gasteiger partial charge < -0.3 is 19.9 Å². The Balaban J connectivity index is 1.40. The number of hydrogen-bond donors (Lipinski definition) is 1. The van der Waals surface area contributed by atoms with Crippen LogP contribution in [0.3, 0.4) is 0 Å². The number of halogens is 1. The average molecular weight is 423 g/mol. The van der Waals surface area contributed by atoms with Gasteiger partial charge in [-0.15, -0.1) is 0 Å². The van der Waals surface area contributed by atoms with E-state index in [0.29, 0.717) is 24.1 Å². The highest BCUT2D eigenvalue weighted by Crippen LogP contribution is 2.19. The van der Waals surface area contributed by atoms with Gasteiger partial charge in [0.25, 0.3) is 0 Å². The largest absolute Gasteiger partial charge is 0.475 e. The van der Waals surface area contributed by atoms with Crippen LogP contribution in [0.2, 0.25) is 5.02 Å². The van der Waals surface area contributed by atoms with Gasteiger partial charge in [0.1, 0.15) is 11.6 Å². The minimum atomic E-state index is -0.0539. The van der Waals surface area contributed by atoms with Crippen LogP contribution in [0.25, 0.3) is 0 Å². The summed E-state index contributed by atoms with van der Waals surface area (Å²) in [4.78, 5) is 27.6. The Kier molecular flexibility index (Phi) is 7.94. The van der Waals surface area contributed by atoms with Gasteiger partial charge in [0.05, 0.1) is 12.6 Å². The Labute approximate surface area is 177 Å². The summed E-state index contributed by atoms with van der Waals surface area (Å²) in [5, 5.41) is 3.83. The minimum absolute atomic E-state index is 0.0539. The molecule has 2 aliphatic rings. The summed E-state index contributed by atoms with van der Waals surface area (Å²) >= 11 is 6.05. The highest BCUT2D eigenvalue weighted by Gasteiger charge is 2.30. The number of pyridine rings is 1. The number of carbonyl (C=O) groups is 1. The number of piperazine rings is 1. The van der Waals surface area contributed by atoms with Gasteiger partial charge in [-0.1, -0.05) is 11.6 Å². The van der Waals surface area contributed by atoms with Gasteiger partial charge in [0.15, 0.2) is 5.96 Å². The number of carbonyl (C=O) groups excluding carboxylic acids is 1. The summed E-state index contributed by atoms with van der Waals surface area (Å²) in [5.41, 5.74) is 0. The number of aromatic nitrogens is 1. The van der Waals surface area contributed by atoms with Crippen molar-refractivity contribution in [3.63, 3.8) is 0 Å². The predicted molar refractivity (Wildman–Crippen MR) is 115 cm³/mol. The lowest BCUT2D eigenvalue weighted by Crippen LogP contribution is -2.57. The number of nitrogens with zero attached hydrogens (tertiary/aromatic N) is 5. The molecule has 0 aliphatic carbocycles. The Hall–Kier alpha value is -2.06. The second kappa shape index (κ2) is 10.6. The van der Waals surface area contributed by atoms with Crippen LogP contribution in [0.15, 0.2) is 23.3 Å². The van der Waals surface area contributed by atoms with Crippen LogP contribution in [0, 0.1) is 0 Å². The Morgan fingerprint density at radius 3 is 2.62 bits per heavy atom. The highest BCUT2D eigenvalue weighted by molar-refractivity contribution is 6.31. The number of ether oxygens (including phenoxy) is 1. The molecule has 0 bridgehead atoms. The summed E-state index contributed by atoms with van der Waals surface area (Å²) in [6, 6.07) is 3.47. The van der Waals surface area contributed by atoms with Crippen LogP contribution in [0.5, 0.6) is 5.88 Å². The van der Waals surface area contributed by atoms with Crippen molar-refractivity contribution in [1.29, 1.82) is 0 Å². The Morgan fingerprint density at radius 2 is 1.97 bits per heavy atom. The van der Waals surface area contributed by atoms with Crippen molar-refractivity contribution in [2.24, 2.45) is 4.99 Å². The van der Waals surface area contributed by atoms with E-state index in [2.05, 4.69) is 25.1 Å². The molecule has 29 heavy (non-hydrogen) atoms. The van der Waals surface area contributed by atoms with E-state index in [4.69, 9.17) is 16.3 Å². The number of amides is 1. The Morgan fingerprint density at radius 1 is 1.24 bits per heavy atom. The summed E-state index contributed by atoms with van der Waals surface area (Å²) < 4.78 is 5.61. The molecule has 0 spiro atoms. The lowest BCUT2D eigenvalue weighted by molar-refractivity contribution is -0.135. The van der Waals surface area contributed by atoms with Crippen molar-refractivity contribution in [2.75, 3.05) is 59.5 Å². The van der Waals surface area contributed by atoms with E-state index in [1.807, 2.05) is 11.8 Å². The quantitative estimate of drug-likeness (QED) is 0.423. The lowest BCUT2D eigenvalue weighted by Gasteiger charge is -2.39. The zero-order valence-corrected chi connectivity index (χ0v) is 18.1. The first-order valence-corrected chi connectivity index (χ1v) is 10.7. The molecule has 1 unspecified atom stereocenters. The third-order valence-electron chi connectivity index (χ3n) is 5.50. The highest BCUT2D eigenvalue weighted by atomic mass is 35.5. The molecule has 1 aromatic heterocycles. The van der Waals surface area contributed by atoms with Crippen LogP contribution < -0.4 is 10.1 Å². The average Bonchev–Trinajstić information content (AvgIpc) is 3.29. The maximum Gasteiger partial charge on any atom is 0.239 e. The van der Waals surface area contributed by atoms with Crippen molar-refractivity contribution >= 4 is 23.5 Å². The van der Waals surface area contributed by atoms with Gasteiger partial charge in [-0.05, 0) is 31.9 Å². The smallest absolute Gasteiger partial charge is 0.239 e. The third-order valence-corrected chi connectivity index (χ3v) is 5.78. The van der Waals surface area contributed by atoms with Gasteiger partial charge in [-0.25, -0.2) is 4.98 Å². The van der Waals surface area contributed by atoms with Crippen LogP contribution in [-0.4, -0.2) is 97.1 Å². The van der Waals surface area contributed by atoms with E-state index >= 15 is 0 Å². The van der Waals surface area contributed by atoms with E-state index in [1.54, 1.807) is 25.4 Å². The van der Waals surface area contributed by atoms with Gasteiger partial charge in [-0.2, -0.15) is 0 Å². The van der Waals surface area contributed by atoms with E-state index < -0.39 is 0 Å². The molecule has 0 aromatic carbocycles. The minimum Gasteiger partial charge on any atom is -0.475 e. The molecule has 1 aromatic rings. The second-order valence-electron chi connectivity index (χ2n) is 7.34. The number of guanidine groups is 1. The molecule has 8 nitrogen and oxygen atoms in total. The van der Waals surface area contributed by atoms with Crippen LogP contribution in [-0.2, 0) is 4.79 Å². The summed E-state index contributed by atoms with van der Waals surface area (Å²) in [6.07, 6.45) is 3.91. The lowest BCUT2D eigenvalue weighted by atomic mass is 10.2. The van der Waals surface area contributed by atoms with E-state index in [1.165, 1.54) is 0 Å². The van der Waals surface area contributed by atoms with Crippen LogP contribution >= 0.6 is 11.6 Å². The molecule has 2 fully saturated rings. The second-order valence-corrected chi connectivity index (χ2v) is 7.75.